The lowest BCUT2D eigenvalue weighted by atomic mass is 9.79. The zero-order valence-corrected chi connectivity index (χ0v) is 6.26. The molecule has 0 aliphatic carbocycles. The smallest absolute Gasteiger partial charge is 0.423 e. The first kappa shape index (κ1) is 9.88. The number of rotatable bonds is 1. The van der Waals surface area contributed by atoms with E-state index in [1.807, 2.05) is 0 Å². The normalized spacial score (nSPS) is 10.2. The van der Waals surface area contributed by atoms with Crippen LogP contribution in [0, 0.1) is 17.5 Å². The number of nitrogen functional groups attached to an aromatic ring is 1. The van der Waals surface area contributed by atoms with Gasteiger partial charge in [0, 0.05) is 5.46 Å². The second-order valence-electron chi connectivity index (χ2n) is 2.36. The van der Waals surface area contributed by atoms with E-state index < -0.39 is 35.7 Å². The number of nitrogens with two attached hydrogens (primary N) is 1. The average molecular weight is 191 g/mol. The molecule has 0 saturated heterocycles. The van der Waals surface area contributed by atoms with Crippen molar-refractivity contribution in [3.8, 4) is 0 Å². The first-order valence-corrected chi connectivity index (χ1v) is 3.24. The van der Waals surface area contributed by atoms with Crippen LogP contribution in [0.25, 0.3) is 0 Å². The Kier molecular flexibility index (Phi) is 2.49. The Hall–Kier alpha value is -1.21. The van der Waals surface area contributed by atoms with Crippen LogP contribution >= 0.6 is 0 Å². The van der Waals surface area contributed by atoms with Crippen molar-refractivity contribution in [2.24, 2.45) is 0 Å². The first-order valence-electron chi connectivity index (χ1n) is 3.24. The number of halogens is 3. The highest BCUT2D eigenvalue weighted by Crippen LogP contribution is 2.16. The maximum Gasteiger partial charge on any atom is 0.491 e. The van der Waals surface area contributed by atoms with Gasteiger partial charge in [-0.25, -0.2) is 13.2 Å². The Morgan fingerprint density at radius 3 is 2.15 bits per heavy atom. The first-order chi connectivity index (χ1) is 5.95. The molecular formula is C6H5BF3NO2. The second kappa shape index (κ2) is 3.27. The van der Waals surface area contributed by atoms with Gasteiger partial charge in [0.25, 0.3) is 0 Å². The van der Waals surface area contributed by atoms with Crippen LogP contribution in [-0.4, -0.2) is 17.2 Å². The Balaban J connectivity index is 3.41. The van der Waals surface area contributed by atoms with E-state index >= 15 is 0 Å². The highest BCUT2D eigenvalue weighted by Gasteiger charge is 2.23. The van der Waals surface area contributed by atoms with Gasteiger partial charge >= 0.3 is 7.12 Å². The quantitative estimate of drug-likeness (QED) is 0.314. The van der Waals surface area contributed by atoms with Gasteiger partial charge in [-0.2, -0.15) is 0 Å². The van der Waals surface area contributed by atoms with Crippen LogP contribution in [0.4, 0.5) is 18.9 Å². The maximum absolute atomic E-state index is 12.8. The van der Waals surface area contributed by atoms with Gasteiger partial charge in [0.05, 0.1) is 0 Å². The summed E-state index contributed by atoms with van der Waals surface area (Å²) in [5.41, 5.74) is 2.93. The second-order valence-corrected chi connectivity index (χ2v) is 2.36. The lowest BCUT2D eigenvalue weighted by Gasteiger charge is -2.05. The third kappa shape index (κ3) is 1.61. The third-order valence-electron chi connectivity index (χ3n) is 1.50. The van der Waals surface area contributed by atoms with Gasteiger partial charge in [-0.3, -0.25) is 0 Å². The molecule has 0 spiro atoms. The van der Waals surface area contributed by atoms with Gasteiger partial charge in [0.15, 0.2) is 11.6 Å². The van der Waals surface area contributed by atoms with Gasteiger partial charge in [-0.05, 0) is 6.07 Å². The van der Waals surface area contributed by atoms with Crippen LogP contribution < -0.4 is 11.2 Å². The van der Waals surface area contributed by atoms with E-state index in [-0.39, 0.29) is 0 Å². The predicted octanol–water partition coefficient (Wildman–Crippen LogP) is -0.634. The molecule has 13 heavy (non-hydrogen) atoms. The fraction of sp³-hybridized carbons (Fsp3) is 0. The Morgan fingerprint density at radius 2 is 1.69 bits per heavy atom. The van der Waals surface area contributed by atoms with Gasteiger partial charge < -0.3 is 15.8 Å². The monoisotopic (exact) mass is 191 g/mol. The predicted molar refractivity (Wildman–Crippen MR) is 40.6 cm³/mol. The van der Waals surface area contributed by atoms with E-state index in [0.29, 0.717) is 6.07 Å². The molecule has 0 aromatic heterocycles. The van der Waals surface area contributed by atoms with Gasteiger partial charge in [-0.15, -0.1) is 0 Å². The molecule has 1 aromatic rings. The van der Waals surface area contributed by atoms with Crippen LogP contribution in [0.3, 0.4) is 0 Å². The molecule has 1 aromatic carbocycles. The van der Waals surface area contributed by atoms with Crippen molar-refractivity contribution in [1.29, 1.82) is 0 Å². The van der Waals surface area contributed by atoms with Gasteiger partial charge in [0.2, 0.25) is 0 Å². The summed E-state index contributed by atoms with van der Waals surface area (Å²) in [5.74, 6) is -4.42. The molecule has 0 unspecified atom stereocenters. The molecule has 0 radical (unpaired) electrons. The molecule has 0 amide bonds. The zero-order chi connectivity index (χ0) is 10.2. The minimum atomic E-state index is -2.27. The van der Waals surface area contributed by atoms with Gasteiger partial charge in [-0.1, -0.05) is 0 Å². The Morgan fingerprint density at radius 1 is 1.15 bits per heavy atom. The lowest BCUT2D eigenvalue weighted by Crippen LogP contribution is -2.34. The number of hydrogen-bond donors (Lipinski definition) is 3. The topological polar surface area (TPSA) is 66.5 Å². The van der Waals surface area contributed by atoms with E-state index in [1.54, 1.807) is 0 Å². The number of hydrogen-bond acceptors (Lipinski definition) is 3. The fourth-order valence-electron chi connectivity index (χ4n) is 0.815. The summed E-state index contributed by atoms with van der Waals surface area (Å²) in [7, 11) is -2.27. The zero-order valence-electron chi connectivity index (χ0n) is 6.26. The molecule has 0 atom stereocenters. The van der Waals surface area contributed by atoms with Crippen LogP contribution in [0.15, 0.2) is 6.07 Å². The number of anilines is 1. The van der Waals surface area contributed by atoms with Crippen molar-refractivity contribution in [1.82, 2.24) is 0 Å². The summed E-state index contributed by atoms with van der Waals surface area (Å²) in [4.78, 5) is 0. The summed E-state index contributed by atoms with van der Waals surface area (Å²) in [6, 6.07) is 0.429. The summed E-state index contributed by atoms with van der Waals surface area (Å²) in [5, 5.41) is 17.0. The van der Waals surface area contributed by atoms with Crippen LogP contribution in [0.2, 0.25) is 0 Å². The summed E-state index contributed by atoms with van der Waals surface area (Å²) >= 11 is 0. The molecule has 70 valence electrons. The van der Waals surface area contributed by atoms with Crippen molar-refractivity contribution in [2.75, 3.05) is 5.73 Å². The number of benzene rings is 1. The molecule has 7 heteroatoms. The Bertz CT molecular complexity index is 345. The molecule has 1 rings (SSSR count). The van der Waals surface area contributed by atoms with E-state index in [0.717, 1.165) is 0 Å². The van der Waals surface area contributed by atoms with Crippen molar-refractivity contribution in [2.45, 2.75) is 0 Å². The van der Waals surface area contributed by atoms with Crippen LogP contribution in [-0.2, 0) is 0 Å². The fourth-order valence-corrected chi connectivity index (χ4v) is 0.815. The third-order valence-corrected chi connectivity index (χ3v) is 1.50. The highest BCUT2D eigenvalue weighted by molar-refractivity contribution is 6.58. The summed E-state index contributed by atoms with van der Waals surface area (Å²) in [6.07, 6.45) is 0. The molecule has 0 bridgehead atoms. The van der Waals surface area contributed by atoms with E-state index in [9.17, 15) is 13.2 Å². The largest absolute Gasteiger partial charge is 0.491 e. The van der Waals surface area contributed by atoms with Crippen molar-refractivity contribution < 1.29 is 23.2 Å². The maximum atomic E-state index is 12.8. The standard InChI is InChI=1S/C6H5BF3NO2/c8-3-1-2(7(12)13)4(9)5(10)6(3)11/h1,12-13H,11H2. The molecule has 0 saturated carbocycles. The van der Waals surface area contributed by atoms with E-state index in [4.69, 9.17) is 15.8 Å². The highest BCUT2D eigenvalue weighted by atomic mass is 19.2. The Labute approximate surface area is 71.7 Å². The molecule has 0 heterocycles. The molecular weight excluding hydrogens is 186 g/mol. The minimum absolute atomic E-state index is 0.429. The van der Waals surface area contributed by atoms with Crippen LogP contribution in [0.1, 0.15) is 0 Å². The van der Waals surface area contributed by atoms with Crippen molar-refractivity contribution in [3.63, 3.8) is 0 Å². The van der Waals surface area contributed by atoms with Crippen molar-refractivity contribution >= 4 is 18.3 Å². The molecule has 4 N–H and O–H groups in total. The summed E-state index contributed by atoms with van der Waals surface area (Å²) < 4.78 is 38.0. The molecule has 0 aliphatic rings. The van der Waals surface area contributed by atoms with Crippen LogP contribution in [0.5, 0.6) is 0 Å². The molecule has 0 fully saturated rings. The van der Waals surface area contributed by atoms with E-state index in [2.05, 4.69) is 0 Å². The SMILES string of the molecule is Nc1c(F)cc(B(O)O)c(F)c1F. The summed E-state index contributed by atoms with van der Waals surface area (Å²) in [6.45, 7) is 0. The molecule has 0 aliphatic heterocycles. The lowest BCUT2D eigenvalue weighted by molar-refractivity contribution is 0.419. The minimum Gasteiger partial charge on any atom is -0.423 e. The van der Waals surface area contributed by atoms with E-state index in [1.165, 1.54) is 0 Å². The van der Waals surface area contributed by atoms with Crippen molar-refractivity contribution in [3.05, 3.63) is 23.5 Å². The average Bonchev–Trinajstić information content (AvgIpc) is 2.07. The molecule has 3 nitrogen and oxygen atoms in total. The van der Waals surface area contributed by atoms with Gasteiger partial charge in [0.1, 0.15) is 11.5 Å².